The van der Waals surface area contributed by atoms with Crippen LogP contribution in [-0.2, 0) is 20.7 Å². The van der Waals surface area contributed by atoms with Gasteiger partial charge in [0.25, 0.3) is 5.91 Å². The zero-order valence-corrected chi connectivity index (χ0v) is 18.4. The lowest BCUT2D eigenvalue weighted by Crippen LogP contribution is -2.58. The van der Waals surface area contributed by atoms with Gasteiger partial charge >= 0.3 is 0 Å². The largest absolute Gasteiger partial charge is 0.508 e. The van der Waals surface area contributed by atoms with Crippen LogP contribution in [0.15, 0.2) is 53.0 Å². The Bertz CT molecular complexity index is 976. The molecule has 7 nitrogen and oxygen atoms in total. The Morgan fingerprint density at radius 2 is 1.87 bits per heavy atom. The number of benzene rings is 2. The quantitative estimate of drug-likeness (QED) is 0.676. The van der Waals surface area contributed by atoms with E-state index < -0.39 is 12.1 Å². The Morgan fingerprint density at radius 3 is 2.58 bits per heavy atom. The predicted octanol–water partition coefficient (Wildman–Crippen LogP) is 2.45. The first-order valence-corrected chi connectivity index (χ1v) is 11.0. The Hall–Kier alpha value is -2.71. The third-order valence-electron chi connectivity index (χ3n) is 5.71. The number of fused-ring (bicyclic) bond motifs is 1. The molecule has 2 heterocycles. The van der Waals surface area contributed by atoms with E-state index in [4.69, 9.17) is 4.74 Å². The fourth-order valence-electron chi connectivity index (χ4n) is 4.15. The molecule has 2 aromatic carbocycles. The smallest absolute Gasteiger partial charge is 0.251 e. The van der Waals surface area contributed by atoms with Gasteiger partial charge in [0.15, 0.2) is 5.78 Å². The number of carbonyl (C=O) groups is 3. The van der Waals surface area contributed by atoms with Crippen molar-refractivity contribution in [2.24, 2.45) is 0 Å². The number of hydrogen-bond acceptors (Lipinski definition) is 5. The molecule has 3 unspecified atom stereocenters. The van der Waals surface area contributed by atoms with E-state index >= 15 is 0 Å². The first-order valence-electron chi connectivity index (χ1n) is 10.2. The first-order chi connectivity index (χ1) is 14.9. The number of halogens is 1. The lowest BCUT2D eigenvalue weighted by Gasteiger charge is -2.37. The van der Waals surface area contributed by atoms with Gasteiger partial charge in [-0.1, -0.05) is 28.1 Å². The van der Waals surface area contributed by atoms with Crippen LogP contribution in [0.5, 0.6) is 5.75 Å². The fourth-order valence-corrected chi connectivity index (χ4v) is 4.41. The molecular weight excluding hydrogens is 464 g/mol. The third-order valence-corrected chi connectivity index (χ3v) is 6.24. The molecule has 0 bridgehead atoms. The van der Waals surface area contributed by atoms with E-state index in [1.54, 1.807) is 53.4 Å². The van der Waals surface area contributed by atoms with Gasteiger partial charge in [0.2, 0.25) is 5.91 Å². The van der Waals surface area contributed by atoms with Crippen LogP contribution >= 0.6 is 15.9 Å². The lowest BCUT2D eigenvalue weighted by atomic mass is 9.95. The van der Waals surface area contributed by atoms with Crippen molar-refractivity contribution in [3.05, 3.63) is 64.1 Å². The number of amides is 2. The van der Waals surface area contributed by atoms with Crippen LogP contribution in [0, 0.1) is 0 Å². The van der Waals surface area contributed by atoms with Crippen molar-refractivity contribution in [3.8, 4) is 5.75 Å². The van der Waals surface area contributed by atoms with Gasteiger partial charge in [0, 0.05) is 23.0 Å². The van der Waals surface area contributed by atoms with Gasteiger partial charge in [-0.05, 0) is 54.8 Å². The van der Waals surface area contributed by atoms with E-state index in [-0.39, 0.29) is 42.5 Å². The van der Waals surface area contributed by atoms with Gasteiger partial charge < -0.3 is 20.1 Å². The lowest BCUT2D eigenvalue weighted by molar-refractivity contribution is -0.142. The molecule has 8 heteroatoms. The molecule has 31 heavy (non-hydrogen) atoms. The molecule has 2 fully saturated rings. The number of rotatable bonds is 5. The van der Waals surface area contributed by atoms with Gasteiger partial charge in [-0.15, -0.1) is 0 Å². The van der Waals surface area contributed by atoms with Crippen LogP contribution in [0.25, 0.3) is 0 Å². The predicted molar refractivity (Wildman–Crippen MR) is 117 cm³/mol. The Labute approximate surface area is 188 Å². The molecule has 0 saturated carbocycles. The molecule has 2 aliphatic heterocycles. The Kier molecular flexibility index (Phi) is 6.38. The van der Waals surface area contributed by atoms with Gasteiger partial charge in [-0.25, -0.2) is 0 Å². The van der Waals surface area contributed by atoms with Crippen molar-refractivity contribution < 1.29 is 24.2 Å². The molecule has 2 saturated heterocycles. The van der Waals surface area contributed by atoms with E-state index in [0.717, 1.165) is 22.9 Å². The van der Waals surface area contributed by atoms with E-state index in [2.05, 4.69) is 21.2 Å². The normalized spacial score (nSPS) is 21.5. The highest BCUT2D eigenvalue weighted by Crippen LogP contribution is 2.27. The zero-order chi connectivity index (χ0) is 22.0. The minimum Gasteiger partial charge on any atom is -0.508 e. The van der Waals surface area contributed by atoms with Crippen molar-refractivity contribution in [1.82, 2.24) is 10.2 Å². The van der Waals surface area contributed by atoms with Gasteiger partial charge in [0.1, 0.15) is 24.4 Å². The summed E-state index contributed by atoms with van der Waals surface area (Å²) in [5.41, 5.74) is 1.22. The topological polar surface area (TPSA) is 95.9 Å². The average Bonchev–Trinajstić information content (AvgIpc) is 3.16. The molecule has 2 amide bonds. The number of hydrogen-bond donors (Lipinski definition) is 2. The van der Waals surface area contributed by atoms with Crippen LogP contribution < -0.4 is 5.32 Å². The maximum Gasteiger partial charge on any atom is 0.251 e. The van der Waals surface area contributed by atoms with Gasteiger partial charge in [-0.3, -0.25) is 14.4 Å². The van der Waals surface area contributed by atoms with Crippen LogP contribution in [-0.4, -0.2) is 58.9 Å². The monoisotopic (exact) mass is 486 g/mol. The number of aromatic hydroxyl groups is 1. The maximum atomic E-state index is 13.5. The van der Waals surface area contributed by atoms with E-state index in [0.29, 0.717) is 12.1 Å². The van der Waals surface area contributed by atoms with Crippen molar-refractivity contribution in [1.29, 1.82) is 0 Å². The molecule has 2 aliphatic rings. The molecule has 0 aromatic heterocycles. The summed E-state index contributed by atoms with van der Waals surface area (Å²) in [5.74, 6) is -0.641. The second kappa shape index (κ2) is 9.20. The van der Waals surface area contributed by atoms with Crippen LogP contribution in [0.1, 0.15) is 28.8 Å². The van der Waals surface area contributed by atoms with Crippen LogP contribution in [0.2, 0.25) is 0 Å². The molecule has 0 radical (unpaired) electrons. The van der Waals surface area contributed by atoms with Crippen LogP contribution in [0.3, 0.4) is 0 Å². The molecule has 4 rings (SSSR count). The molecule has 2 aromatic rings. The number of piperidine rings is 1. The standard InChI is InChI=1S/C23H23BrN2O5/c24-16-7-5-15(6-8-16)22(29)25-18(12-14-3-9-17(27)10-4-14)23(30)26-11-1-2-20-21(26)19(28)13-31-20/h3-10,18,20-21,27H,1-2,11-13H2,(H,25,29). The van der Waals surface area contributed by atoms with Gasteiger partial charge in [0.05, 0.1) is 6.10 Å². The summed E-state index contributed by atoms with van der Waals surface area (Å²) in [6.45, 7) is 0.475. The number of phenols is 1. The molecule has 2 N–H and O–H groups in total. The first kappa shape index (κ1) is 21.5. The minimum atomic E-state index is -0.854. The number of ether oxygens (including phenoxy) is 1. The molecular formula is C23H23BrN2O5. The number of likely N-dealkylation sites (tertiary alicyclic amines) is 1. The molecule has 162 valence electrons. The summed E-state index contributed by atoms with van der Waals surface area (Å²) in [7, 11) is 0. The number of ketones is 1. The summed E-state index contributed by atoms with van der Waals surface area (Å²) >= 11 is 3.35. The van der Waals surface area contributed by atoms with Crippen molar-refractivity contribution in [2.45, 2.75) is 37.5 Å². The summed E-state index contributed by atoms with van der Waals surface area (Å²) < 4.78 is 6.41. The van der Waals surface area contributed by atoms with Crippen molar-refractivity contribution in [3.63, 3.8) is 0 Å². The second-order valence-corrected chi connectivity index (χ2v) is 8.75. The SMILES string of the molecule is O=C(NC(Cc1ccc(O)cc1)C(=O)N1CCCC2OCC(=O)C21)c1ccc(Br)cc1. The zero-order valence-electron chi connectivity index (χ0n) is 16.8. The number of nitrogens with zero attached hydrogens (tertiary/aromatic N) is 1. The fraction of sp³-hybridized carbons (Fsp3) is 0.348. The summed E-state index contributed by atoms with van der Waals surface area (Å²) in [6.07, 6.45) is 1.45. The summed E-state index contributed by atoms with van der Waals surface area (Å²) in [4.78, 5) is 40.3. The minimum absolute atomic E-state index is 0.0208. The number of Topliss-reactive ketones (excluding diaryl/α,β-unsaturated/α-hetero) is 1. The second-order valence-electron chi connectivity index (χ2n) is 7.84. The highest BCUT2D eigenvalue weighted by Gasteiger charge is 2.45. The van der Waals surface area contributed by atoms with E-state index in [9.17, 15) is 19.5 Å². The Balaban J connectivity index is 1.58. The molecule has 0 aliphatic carbocycles. The number of carbonyl (C=O) groups excluding carboxylic acids is 3. The summed E-state index contributed by atoms with van der Waals surface area (Å²) in [5, 5.41) is 12.4. The van der Waals surface area contributed by atoms with Crippen molar-refractivity contribution in [2.75, 3.05) is 13.2 Å². The number of nitrogens with one attached hydrogen (secondary N) is 1. The highest BCUT2D eigenvalue weighted by molar-refractivity contribution is 9.10. The summed E-state index contributed by atoms with van der Waals surface area (Å²) in [6, 6.07) is 11.9. The average molecular weight is 487 g/mol. The van der Waals surface area contributed by atoms with Crippen molar-refractivity contribution >= 4 is 33.5 Å². The third kappa shape index (κ3) is 4.80. The highest BCUT2D eigenvalue weighted by atomic mass is 79.9. The maximum absolute atomic E-state index is 13.5. The van der Waals surface area contributed by atoms with Crippen LogP contribution in [0.4, 0.5) is 0 Å². The Morgan fingerprint density at radius 1 is 1.16 bits per heavy atom. The molecule has 3 atom stereocenters. The van der Waals surface area contributed by atoms with Gasteiger partial charge in [-0.2, -0.15) is 0 Å². The molecule has 0 spiro atoms. The van der Waals surface area contributed by atoms with E-state index in [1.165, 1.54) is 0 Å². The van der Waals surface area contributed by atoms with E-state index in [1.807, 2.05) is 0 Å². The number of phenolic OH excluding ortho intramolecular Hbond substituents is 1.